The SMILES string of the molecule is COc1ccc2c(c1O)[C@H](O)[C@@H](C)O[C@@H]2C. The summed E-state index contributed by atoms with van der Waals surface area (Å²) in [6.45, 7) is 3.68. The van der Waals surface area contributed by atoms with Crippen LogP contribution < -0.4 is 4.74 Å². The van der Waals surface area contributed by atoms with E-state index in [9.17, 15) is 10.2 Å². The van der Waals surface area contributed by atoms with Gasteiger partial charge in [0.1, 0.15) is 6.10 Å². The average molecular weight is 224 g/mol. The van der Waals surface area contributed by atoms with E-state index in [-0.39, 0.29) is 18.0 Å². The predicted octanol–water partition coefficient (Wildman–Crippen LogP) is 1.91. The molecule has 1 heterocycles. The number of benzene rings is 1. The van der Waals surface area contributed by atoms with Gasteiger partial charge in [0.25, 0.3) is 0 Å². The van der Waals surface area contributed by atoms with E-state index in [1.54, 1.807) is 13.0 Å². The molecular formula is C12H16O4. The molecular weight excluding hydrogens is 208 g/mol. The van der Waals surface area contributed by atoms with Crippen LogP contribution in [0.25, 0.3) is 0 Å². The number of aliphatic hydroxyl groups is 1. The number of phenols is 1. The van der Waals surface area contributed by atoms with Gasteiger partial charge < -0.3 is 19.7 Å². The van der Waals surface area contributed by atoms with E-state index in [2.05, 4.69) is 0 Å². The Labute approximate surface area is 94.4 Å². The molecule has 2 rings (SSSR count). The molecule has 88 valence electrons. The molecule has 3 atom stereocenters. The Morgan fingerprint density at radius 2 is 2.00 bits per heavy atom. The van der Waals surface area contributed by atoms with Crippen LogP contribution >= 0.6 is 0 Å². The van der Waals surface area contributed by atoms with Gasteiger partial charge in [0.05, 0.1) is 19.3 Å². The molecule has 16 heavy (non-hydrogen) atoms. The summed E-state index contributed by atoms with van der Waals surface area (Å²) in [6.07, 6.45) is -1.29. The fourth-order valence-electron chi connectivity index (χ4n) is 2.14. The Balaban J connectivity index is 2.59. The highest BCUT2D eigenvalue weighted by molar-refractivity contribution is 5.52. The standard InChI is InChI=1S/C12H16O4/c1-6-8-4-5-9(15-3)12(14)10(8)11(13)7(2)16-6/h4-7,11,13-14H,1-3H3/t6-,7-,11-/m1/s1. The number of fused-ring (bicyclic) bond motifs is 1. The smallest absolute Gasteiger partial charge is 0.164 e. The number of ether oxygens (including phenoxy) is 2. The number of aromatic hydroxyl groups is 1. The fourth-order valence-corrected chi connectivity index (χ4v) is 2.14. The van der Waals surface area contributed by atoms with Gasteiger partial charge in [-0.25, -0.2) is 0 Å². The molecule has 0 aromatic heterocycles. The zero-order valence-corrected chi connectivity index (χ0v) is 9.60. The zero-order chi connectivity index (χ0) is 11.9. The molecule has 0 aliphatic carbocycles. The van der Waals surface area contributed by atoms with Crippen LogP contribution in [-0.2, 0) is 4.74 Å². The van der Waals surface area contributed by atoms with Crippen molar-refractivity contribution in [2.45, 2.75) is 32.2 Å². The molecule has 0 spiro atoms. The van der Waals surface area contributed by atoms with Gasteiger partial charge in [-0.3, -0.25) is 0 Å². The van der Waals surface area contributed by atoms with Crippen LogP contribution in [0.5, 0.6) is 11.5 Å². The van der Waals surface area contributed by atoms with Crippen LogP contribution in [0.2, 0.25) is 0 Å². The molecule has 4 nitrogen and oxygen atoms in total. The van der Waals surface area contributed by atoms with Crippen molar-refractivity contribution in [2.75, 3.05) is 7.11 Å². The normalized spacial score (nSPS) is 28.6. The second kappa shape index (κ2) is 3.96. The van der Waals surface area contributed by atoms with Crippen molar-refractivity contribution in [3.8, 4) is 11.5 Å². The molecule has 0 unspecified atom stereocenters. The van der Waals surface area contributed by atoms with Gasteiger partial charge in [0.2, 0.25) is 0 Å². The summed E-state index contributed by atoms with van der Waals surface area (Å²) in [4.78, 5) is 0. The van der Waals surface area contributed by atoms with Gasteiger partial charge in [-0.2, -0.15) is 0 Å². The lowest BCUT2D eigenvalue weighted by molar-refractivity contribution is -0.0818. The van der Waals surface area contributed by atoms with Gasteiger partial charge in [0, 0.05) is 5.56 Å². The van der Waals surface area contributed by atoms with Crippen molar-refractivity contribution in [1.29, 1.82) is 0 Å². The second-order valence-electron chi connectivity index (χ2n) is 4.05. The first-order valence-electron chi connectivity index (χ1n) is 5.29. The lowest BCUT2D eigenvalue weighted by atomic mass is 9.91. The molecule has 2 N–H and O–H groups in total. The third-order valence-corrected chi connectivity index (χ3v) is 3.03. The van der Waals surface area contributed by atoms with E-state index in [0.29, 0.717) is 11.3 Å². The number of aliphatic hydroxyl groups excluding tert-OH is 1. The first-order valence-corrected chi connectivity index (χ1v) is 5.29. The highest BCUT2D eigenvalue weighted by Gasteiger charge is 2.33. The van der Waals surface area contributed by atoms with Crippen LogP contribution in [0.1, 0.15) is 37.2 Å². The molecule has 0 bridgehead atoms. The third kappa shape index (κ3) is 1.54. The molecule has 0 saturated heterocycles. The highest BCUT2D eigenvalue weighted by atomic mass is 16.5. The van der Waals surface area contributed by atoms with Crippen molar-refractivity contribution < 1.29 is 19.7 Å². The summed E-state index contributed by atoms with van der Waals surface area (Å²) in [5.74, 6) is 0.383. The Kier molecular flexibility index (Phi) is 2.78. The maximum atomic E-state index is 10.0. The molecule has 1 aliphatic rings. The summed E-state index contributed by atoms with van der Waals surface area (Å²) in [7, 11) is 1.49. The third-order valence-electron chi connectivity index (χ3n) is 3.03. The molecule has 1 aliphatic heterocycles. The summed E-state index contributed by atoms with van der Waals surface area (Å²) in [5, 5.41) is 20.0. The van der Waals surface area contributed by atoms with E-state index in [4.69, 9.17) is 9.47 Å². The first kappa shape index (κ1) is 11.2. The molecule has 0 fully saturated rings. The minimum atomic E-state index is -0.818. The second-order valence-corrected chi connectivity index (χ2v) is 4.05. The zero-order valence-electron chi connectivity index (χ0n) is 9.60. The Morgan fingerprint density at radius 1 is 1.31 bits per heavy atom. The van der Waals surface area contributed by atoms with E-state index >= 15 is 0 Å². The number of hydrogen-bond donors (Lipinski definition) is 2. The lowest BCUT2D eigenvalue weighted by Gasteiger charge is -2.33. The topological polar surface area (TPSA) is 58.9 Å². The molecule has 1 aromatic carbocycles. The van der Waals surface area contributed by atoms with Crippen molar-refractivity contribution in [3.63, 3.8) is 0 Å². The van der Waals surface area contributed by atoms with Crippen LogP contribution in [-0.4, -0.2) is 23.4 Å². The van der Waals surface area contributed by atoms with E-state index in [1.807, 2.05) is 13.0 Å². The van der Waals surface area contributed by atoms with Gasteiger partial charge in [0.15, 0.2) is 11.5 Å². The van der Waals surface area contributed by atoms with Crippen molar-refractivity contribution in [3.05, 3.63) is 23.3 Å². The Hall–Kier alpha value is -1.26. The maximum absolute atomic E-state index is 10.0. The van der Waals surface area contributed by atoms with Crippen LogP contribution in [0, 0.1) is 0 Å². The maximum Gasteiger partial charge on any atom is 0.164 e. The number of methoxy groups -OCH3 is 1. The van der Waals surface area contributed by atoms with Crippen LogP contribution in [0.15, 0.2) is 12.1 Å². The van der Waals surface area contributed by atoms with Crippen molar-refractivity contribution in [2.24, 2.45) is 0 Å². The van der Waals surface area contributed by atoms with E-state index in [0.717, 1.165) is 5.56 Å². The lowest BCUT2D eigenvalue weighted by Crippen LogP contribution is -2.27. The van der Waals surface area contributed by atoms with Crippen molar-refractivity contribution >= 4 is 0 Å². The Bertz CT molecular complexity index is 402. The molecule has 4 heteroatoms. The Morgan fingerprint density at radius 3 is 2.62 bits per heavy atom. The van der Waals surface area contributed by atoms with Gasteiger partial charge in [-0.1, -0.05) is 6.07 Å². The fraction of sp³-hybridized carbons (Fsp3) is 0.500. The minimum absolute atomic E-state index is 0.00880. The summed E-state index contributed by atoms with van der Waals surface area (Å²) in [5.41, 5.74) is 1.33. The summed E-state index contributed by atoms with van der Waals surface area (Å²) >= 11 is 0. The minimum Gasteiger partial charge on any atom is -0.504 e. The van der Waals surface area contributed by atoms with E-state index < -0.39 is 6.10 Å². The number of rotatable bonds is 1. The van der Waals surface area contributed by atoms with Crippen molar-refractivity contribution in [1.82, 2.24) is 0 Å². The highest BCUT2D eigenvalue weighted by Crippen LogP contribution is 2.44. The largest absolute Gasteiger partial charge is 0.504 e. The summed E-state index contributed by atoms with van der Waals surface area (Å²) < 4.78 is 10.6. The van der Waals surface area contributed by atoms with Gasteiger partial charge >= 0.3 is 0 Å². The first-order chi connectivity index (χ1) is 7.56. The summed E-state index contributed by atoms with van der Waals surface area (Å²) in [6, 6.07) is 3.49. The number of hydrogen-bond acceptors (Lipinski definition) is 4. The molecule has 0 saturated carbocycles. The molecule has 0 amide bonds. The van der Waals surface area contributed by atoms with E-state index in [1.165, 1.54) is 7.11 Å². The van der Waals surface area contributed by atoms with Gasteiger partial charge in [-0.15, -0.1) is 0 Å². The monoisotopic (exact) mass is 224 g/mol. The quantitative estimate of drug-likeness (QED) is 0.765. The van der Waals surface area contributed by atoms with Crippen LogP contribution in [0.4, 0.5) is 0 Å². The predicted molar refractivity (Wildman–Crippen MR) is 58.6 cm³/mol. The van der Waals surface area contributed by atoms with Gasteiger partial charge in [-0.05, 0) is 25.5 Å². The molecule has 1 aromatic rings. The van der Waals surface area contributed by atoms with Crippen LogP contribution in [0.3, 0.4) is 0 Å². The average Bonchev–Trinajstić information content (AvgIpc) is 2.26. The number of phenolic OH excluding ortho intramolecular Hbond substituents is 1. The molecule has 0 radical (unpaired) electrons.